The molecule has 0 aliphatic heterocycles. The van der Waals surface area contributed by atoms with Crippen molar-refractivity contribution >= 4 is 6.29 Å². The van der Waals surface area contributed by atoms with Crippen LogP contribution < -0.4 is 0 Å². The van der Waals surface area contributed by atoms with E-state index in [9.17, 15) is 4.79 Å². The van der Waals surface area contributed by atoms with Gasteiger partial charge in [0.05, 0.1) is 0 Å². The third kappa shape index (κ3) is 8.03. The number of hydrogen-bond acceptors (Lipinski definition) is 1. The van der Waals surface area contributed by atoms with Crippen molar-refractivity contribution in [2.24, 2.45) is 5.92 Å². The average Bonchev–Trinajstić information content (AvgIpc) is 2.22. The summed E-state index contributed by atoms with van der Waals surface area (Å²) in [7, 11) is 0. The Morgan fingerprint density at radius 1 is 1.14 bits per heavy atom. The number of unbranched alkanes of at least 4 members (excludes halogenated alkanes) is 3. The molecule has 0 spiro atoms. The van der Waals surface area contributed by atoms with E-state index in [1.54, 1.807) is 0 Å². The van der Waals surface area contributed by atoms with E-state index in [0.29, 0.717) is 0 Å². The van der Waals surface area contributed by atoms with Crippen LogP contribution in [0.25, 0.3) is 0 Å². The van der Waals surface area contributed by atoms with Crippen molar-refractivity contribution in [3.8, 4) is 0 Å². The summed E-state index contributed by atoms with van der Waals surface area (Å²) in [5.41, 5.74) is 0. The molecule has 0 saturated heterocycles. The summed E-state index contributed by atoms with van der Waals surface area (Å²) in [6.45, 7) is 5.97. The molecule has 0 radical (unpaired) electrons. The first-order valence-electron chi connectivity index (χ1n) is 5.89. The fourth-order valence-electron chi connectivity index (χ4n) is 1.76. The van der Waals surface area contributed by atoms with Gasteiger partial charge < -0.3 is 4.79 Å². The molecule has 1 nitrogen and oxygen atoms in total. The summed E-state index contributed by atoms with van der Waals surface area (Å²) in [5, 5.41) is 0. The Balaban J connectivity index is 3.37. The first-order valence-corrected chi connectivity index (χ1v) is 5.89. The molecule has 0 aliphatic carbocycles. The maximum atomic E-state index is 10.2. The molecule has 1 unspecified atom stereocenters. The lowest BCUT2D eigenvalue weighted by molar-refractivity contribution is -0.108. The summed E-state index contributed by atoms with van der Waals surface area (Å²) in [6, 6.07) is 0. The second kappa shape index (κ2) is 10.5. The number of carbonyl (C=O) groups excluding carboxylic acids is 1. The highest BCUT2D eigenvalue weighted by molar-refractivity contribution is 5.48. The van der Waals surface area contributed by atoms with Gasteiger partial charge >= 0.3 is 0 Å². The highest BCUT2D eigenvalue weighted by Crippen LogP contribution is 2.19. The van der Waals surface area contributed by atoms with Crippen molar-refractivity contribution in [3.05, 3.63) is 12.7 Å². The van der Waals surface area contributed by atoms with E-state index in [1.807, 2.05) is 6.08 Å². The Hall–Kier alpha value is -0.590. The zero-order chi connectivity index (χ0) is 10.6. The Kier molecular flexibility index (Phi) is 10.0. The van der Waals surface area contributed by atoms with Gasteiger partial charge in [0.25, 0.3) is 0 Å². The lowest BCUT2D eigenvalue weighted by atomic mass is 9.93. The van der Waals surface area contributed by atoms with Crippen LogP contribution in [0.5, 0.6) is 0 Å². The minimum absolute atomic E-state index is 0.739. The third-order valence-electron chi connectivity index (χ3n) is 2.78. The van der Waals surface area contributed by atoms with Gasteiger partial charge in [-0.1, -0.05) is 38.7 Å². The Morgan fingerprint density at radius 2 is 1.86 bits per heavy atom. The molecule has 0 N–H and O–H groups in total. The monoisotopic (exact) mass is 196 g/mol. The van der Waals surface area contributed by atoms with Gasteiger partial charge in [0.1, 0.15) is 6.29 Å². The van der Waals surface area contributed by atoms with E-state index >= 15 is 0 Å². The molecule has 1 atom stereocenters. The maximum Gasteiger partial charge on any atom is 0.119 e. The molecule has 0 bridgehead atoms. The van der Waals surface area contributed by atoms with Crippen LogP contribution in [0.3, 0.4) is 0 Å². The van der Waals surface area contributed by atoms with Crippen LogP contribution >= 0.6 is 0 Å². The predicted molar refractivity (Wildman–Crippen MR) is 62.4 cm³/mol. The molecule has 0 aromatic carbocycles. The Morgan fingerprint density at radius 3 is 2.43 bits per heavy atom. The van der Waals surface area contributed by atoms with Crippen LogP contribution in [-0.4, -0.2) is 6.29 Å². The topological polar surface area (TPSA) is 17.1 Å². The first-order chi connectivity index (χ1) is 6.85. The van der Waals surface area contributed by atoms with Crippen molar-refractivity contribution in [1.82, 2.24) is 0 Å². The normalized spacial score (nSPS) is 12.4. The van der Waals surface area contributed by atoms with Crippen molar-refractivity contribution in [3.63, 3.8) is 0 Å². The lowest BCUT2D eigenvalue weighted by Gasteiger charge is -2.13. The molecule has 0 amide bonds. The smallest absolute Gasteiger partial charge is 0.119 e. The van der Waals surface area contributed by atoms with Crippen LogP contribution in [0.15, 0.2) is 12.7 Å². The number of carbonyl (C=O) groups is 1. The van der Waals surface area contributed by atoms with E-state index < -0.39 is 0 Å². The minimum atomic E-state index is 0.739. The molecule has 0 saturated carbocycles. The average molecular weight is 196 g/mol. The lowest BCUT2D eigenvalue weighted by Crippen LogP contribution is -1.99. The van der Waals surface area contributed by atoms with E-state index in [4.69, 9.17) is 0 Å². The number of hydrogen-bond donors (Lipinski definition) is 0. The molecular weight excluding hydrogens is 172 g/mol. The van der Waals surface area contributed by atoms with Crippen LogP contribution in [0, 0.1) is 5.92 Å². The van der Waals surface area contributed by atoms with E-state index in [-0.39, 0.29) is 0 Å². The van der Waals surface area contributed by atoms with Gasteiger partial charge in [-0.05, 0) is 25.2 Å². The standard InChI is InChI=1S/C13H24O/c1-3-5-6-7-10-13(4-2)11-8-9-12-14/h3,12-13H,1,4-11H2,2H3. The van der Waals surface area contributed by atoms with Gasteiger partial charge in [0, 0.05) is 6.42 Å². The Bertz CT molecular complexity index is 140. The second-order valence-corrected chi connectivity index (χ2v) is 3.94. The molecule has 14 heavy (non-hydrogen) atoms. The van der Waals surface area contributed by atoms with Crippen molar-refractivity contribution < 1.29 is 4.79 Å². The van der Waals surface area contributed by atoms with Crippen LogP contribution in [0.2, 0.25) is 0 Å². The van der Waals surface area contributed by atoms with Crippen molar-refractivity contribution in [2.75, 3.05) is 0 Å². The second-order valence-electron chi connectivity index (χ2n) is 3.94. The molecule has 82 valence electrons. The van der Waals surface area contributed by atoms with E-state index in [0.717, 1.165) is 31.5 Å². The van der Waals surface area contributed by atoms with Crippen molar-refractivity contribution in [2.45, 2.75) is 58.3 Å². The molecule has 0 aliphatic rings. The summed E-state index contributed by atoms with van der Waals surface area (Å²) >= 11 is 0. The van der Waals surface area contributed by atoms with E-state index in [1.165, 1.54) is 32.1 Å². The number of rotatable bonds is 10. The van der Waals surface area contributed by atoms with Gasteiger partial charge in [0.15, 0.2) is 0 Å². The summed E-state index contributed by atoms with van der Waals surface area (Å²) in [5.74, 6) is 0.833. The van der Waals surface area contributed by atoms with Gasteiger partial charge in [0.2, 0.25) is 0 Å². The summed E-state index contributed by atoms with van der Waals surface area (Å²) < 4.78 is 0. The summed E-state index contributed by atoms with van der Waals surface area (Å²) in [6.07, 6.45) is 12.4. The first kappa shape index (κ1) is 13.4. The summed E-state index contributed by atoms with van der Waals surface area (Å²) in [4.78, 5) is 10.2. The molecule has 1 heteroatoms. The fourth-order valence-corrected chi connectivity index (χ4v) is 1.76. The van der Waals surface area contributed by atoms with Gasteiger partial charge in [-0.2, -0.15) is 0 Å². The highest BCUT2D eigenvalue weighted by Gasteiger charge is 2.04. The predicted octanol–water partition coefficient (Wildman–Crippen LogP) is 4.13. The molecule has 0 aromatic heterocycles. The molecule has 0 heterocycles. The maximum absolute atomic E-state index is 10.2. The number of allylic oxidation sites excluding steroid dienone is 1. The minimum Gasteiger partial charge on any atom is -0.303 e. The van der Waals surface area contributed by atoms with Crippen molar-refractivity contribution in [1.29, 1.82) is 0 Å². The zero-order valence-electron chi connectivity index (χ0n) is 9.50. The zero-order valence-corrected chi connectivity index (χ0v) is 9.50. The van der Waals surface area contributed by atoms with Gasteiger partial charge in [-0.25, -0.2) is 0 Å². The van der Waals surface area contributed by atoms with Crippen LogP contribution in [0.4, 0.5) is 0 Å². The van der Waals surface area contributed by atoms with Crippen LogP contribution in [-0.2, 0) is 4.79 Å². The molecule has 0 rings (SSSR count). The highest BCUT2D eigenvalue weighted by atomic mass is 16.1. The largest absolute Gasteiger partial charge is 0.303 e. The van der Waals surface area contributed by atoms with Crippen LogP contribution in [0.1, 0.15) is 58.3 Å². The molecule has 0 aromatic rings. The third-order valence-corrected chi connectivity index (χ3v) is 2.78. The van der Waals surface area contributed by atoms with E-state index in [2.05, 4.69) is 13.5 Å². The molecule has 0 fully saturated rings. The van der Waals surface area contributed by atoms with Gasteiger partial charge in [-0.3, -0.25) is 0 Å². The quantitative estimate of drug-likeness (QED) is 0.292. The molecular formula is C13H24O. The SMILES string of the molecule is C=CCCCCC(CC)CCCC=O. The Labute approximate surface area is 88.6 Å². The fraction of sp³-hybridized carbons (Fsp3) is 0.769. The number of aldehydes is 1. The van der Waals surface area contributed by atoms with Gasteiger partial charge in [-0.15, -0.1) is 6.58 Å².